The first-order valence-corrected chi connectivity index (χ1v) is 5.78. The molecule has 1 fully saturated rings. The molecule has 15 heavy (non-hydrogen) atoms. The summed E-state index contributed by atoms with van der Waals surface area (Å²) in [4.78, 5) is 10.5. The number of carboxylic acids is 1. The maximum Gasteiger partial charge on any atom is 0.371 e. The number of aromatic carboxylic acids is 1. The third-order valence-corrected chi connectivity index (χ3v) is 2.92. The predicted molar refractivity (Wildman–Crippen MR) is 55.1 cm³/mol. The van der Waals surface area contributed by atoms with Crippen LogP contribution in [0, 0.1) is 5.92 Å². The van der Waals surface area contributed by atoms with Crippen LogP contribution in [0.4, 0.5) is 0 Å². The normalized spacial score (nSPS) is 15.5. The fraction of sp³-hybridized carbons (Fsp3) is 0.500. The van der Waals surface area contributed by atoms with Crippen molar-refractivity contribution < 1.29 is 19.1 Å². The lowest BCUT2D eigenvalue weighted by Crippen LogP contribution is -1.94. The molecule has 0 aliphatic heterocycles. The zero-order valence-corrected chi connectivity index (χ0v) is 8.96. The van der Waals surface area contributed by atoms with Gasteiger partial charge in [0.15, 0.2) is 5.09 Å². The van der Waals surface area contributed by atoms with E-state index in [0.717, 1.165) is 12.5 Å². The minimum atomic E-state index is -1.04. The van der Waals surface area contributed by atoms with Crippen LogP contribution in [0.2, 0.25) is 0 Å². The zero-order valence-electron chi connectivity index (χ0n) is 8.14. The summed E-state index contributed by atoms with van der Waals surface area (Å²) in [5.74, 6) is 0.195. The van der Waals surface area contributed by atoms with Gasteiger partial charge in [-0.25, -0.2) is 4.79 Å². The van der Waals surface area contributed by atoms with Gasteiger partial charge in [-0.05, 0) is 30.9 Å². The molecule has 2 rings (SSSR count). The van der Waals surface area contributed by atoms with E-state index in [9.17, 15) is 4.79 Å². The molecule has 0 atom stereocenters. The van der Waals surface area contributed by atoms with Crippen molar-refractivity contribution in [3.05, 3.63) is 17.9 Å². The van der Waals surface area contributed by atoms with Crippen LogP contribution in [0.15, 0.2) is 21.6 Å². The van der Waals surface area contributed by atoms with Crippen molar-refractivity contribution in [2.45, 2.75) is 17.9 Å². The summed E-state index contributed by atoms with van der Waals surface area (Å²) in [7, 11) is 0. The van der Waals surface area contributed by atoms with Gasteiger partial charge in [-0.1, -0.05) is 11.8 Å². The molecule has 0 saturated heterocycles. The number of carboxylic acid groups (broad SMARTS) is 1. The maximum absolute atomic E-state index is 10.5. The first-order valence-electron chi connectivity index (χ1n) is 4.79. The van der Waals surface area contributed by atoms with Crippen LogP contribution in [0.5, 0.6) is 0 Å². The van der Waals surface area contributed by atoms with E-state index < -0.39 is 5.97 Å². The Balaban J connectivity index is 1.70. The summed E-state index contributed by atoms with van der Waals surface area (Å²) in [5, 5.41) is 9.20. The molecular weight excluding hydrogens is 216 g/mol. The molecule has 0 spiro atoms. The van der Waals surface area contributed by atoms with Crippen LogP contribution in [0.1, 0.15) is 23.4 Å². The first kappa shape index (κ1) is 10.6. The minimum absolute atomic E-state index is 0.0281. The molecule has 1 saturated carbocycles. The molecule has 5 heteroatoms. The molecule has 82 valence electrons. The minimum Gasteiger partial charge on any atom is -0.475 e. The fourth-order valence-electron chi connectivity index (χ4n) is 1.11. The Kier molecular flexibility index (Phi) is 3.33. The standard InChI is InChI=1S/C10H12O4S/c11-10(12)8-3-4-9(14-8)15-6-13-5-7-1-2-7/h3-4,7H,1-2,5-6H2,(H,11,12). The Bertz CT molecular complexity index is 343. The molecule has 1 heterocycles. The molecule has 0 radical (unpaired) electrons. The van der Waals surface area contributed by atoms with Crippen LogP contribution < -0.4 is 0 Å². The maximum atomic E-state index is 10.5. The van der Waals surface area contributed by atoms with Crippen molar-refractivity contribution in [1.29, 1.82) is 0 Å². The second kappa shape index (κ2) is 4.72. The summed E-state index contributed by atoms with van der Waals surface area (Å²) in [6.07, 6.45) is 2.54. The second-order valence-electron chi connectivity index (χ2n) is 3.50. The van der Waals surface area contributed by atoms with Crippen LogP contribution in [0.3, 0.4) is 0 Å². The lowest BCUT2D eigenvalue weighted by Gasteiger charge is -1.99. The van der Waals surface area contributed by atoms with Gasteiger partial charge in [0.1, 0.15) is 0 Å². The Labute approximate surface area is 91.6 Å². The number of hydrogen-bond acceptors (Lipinski definition) is 4. The number of ether oxygens (including phenoxy) is 1. The molecular formula is C10H12O4S. The van der Waals surface area contributed by atoms with Gasteiger partial charge >= 0.3 is 5.97 Å². The third kappa shape index (κ3) is 3.28. The topological polar surface area (TPSA) is 59.7 Å². The van der Waals surface area contributed by atoms with E-state index in [2.05, 4.69) is 0 Å². The summed E-state index contributed by atoms with van der Waals surface area (Å²) in [6.45, 7) is 0.805. The number of carbonyl (C=O) groups is 1. The highest BCUT2D eigenvalue weighted by atomic mass is 32.2. The first-order chi connectivity index (χ1) is 7.25. The van der Waals surface area contributed by atoms with E-state index in [-0.39, 0.29) is 5.76 Å². The molecule has 1 aromatic heterocycles. The Morgan fingerprint density at radius 3 is 3.00 bits per heavy atom. The van der Waals surface area contributed by atoms with Crippen molar-refractivity contribution in [3.63, 3.8) is 0 Å². The van der Waals surface area contributed by atoms with E-state index in [1.54, 1.807) is 6.07 Å². The molecule has 0 amide bonds. The van der Waals surface area contributed by atoms with Crippen LogP contribution >= 0.6 is 11.8 Å². The summed E-state index contributed by atoms with van der Waals surface area (Å²) >= 11 is 1.38. The van der Waals surface area contributed by atoms with Crippen molar-refractivity contribution in [1.82, 2.24) is 0 Å². The van der Waals surface area contributed by atoms with Gasteiger partial charge in [-0.15, -0.1) is 0 Å². The van der Waals surface area contributed by atoms with E-state index in [4.69, 9.17) is 14.3 Å². The smallest absolute Gasteiger partial charge is 0.371 e. The van der Waals surface area contributed by atoms with Crippen LogP contribution in [-0.4, -0.2) is 23.6 Å². The number of hydrogen-bond donors (Lipinski definition) is 1. The van der Waals surface area contributed by atoms with Crippen molar-refractivity contribution in [2.24, 2.45) is 5.92 Å². The summed E-state index contributed by atoms with van der Waals surface area (Å²) in [6, 6.07) is 3.10. The summed E-state index contributed by atoms with van der Waals surface area (Å²) < 4.78 is 10.4. The lowest BCUT2D eigenvalue weighted by atomic mass is 10.5. The van der Waals surface area contributed by atoms with E-state index in [1.165, 1.54) is 30.7 Å². The SMILES string of the molecule is O=C(O)c1ccc(SCOCC2CC2)o1. The Hall–Kier alpha value is -0.940. The Morgan fingerprint density at radius 1 is 1.60 bits per heavy atom. The lowest BCUT2D eigenvalue weighted by molar-refractivity contribution is 0.0656. The van der Waals surface area contributed by atoms with Crippen molar-refractivity contribution in [2.75, 3.05) is 12.5 Å². The molecule has 1 aromatic rings. The summed E-state index contributed by atoms with van der Waals surface area (Å²) in [5.41, 5.74) is 0. The molecule has 1 aliphatic rings. The van der Waals surface area contributed by atoms with Crippen molar-refractivity contribution >= 4 is 17.7 Å². The van der Waals surface area contributed by atoms with Crippen LogP contribution in [-0.2, 0) is 4.74 Å². The van der Waals surface area contributed by atoms with E-state index >= 15 is 0 Å². The molecule has 4 nitrogen and oxygen atoms in total. The third-order valence-electron chi connectivity index (χ3n) is 2.13. The van der Waals surface area contributed by atoms with Gasteiger partial charge in [-0.2, -0.15) is 0 Å². The molecule has 1 N–H and O–H groups in total. The average Bonchev–Trinajstić information content (AvgIpc) is 2.90. The van der Waals surface area contributed by atoms with Gasteiger partial charge in [0.25, 0.3) is 0 Å². The largest absolute Gasteiger partial charge is 0.475 e. The van der Waals surface area contributed by atoms with Gasteiger partial charge in [0.05, 0.1) is 12.5 Å². The van der Waals surface area contributed by atoms with Gasteiger partial charge in [-0.3, -0.25) is 0 Å². The van der Waals surface area contributed by atoms with Gasteiger partial charge < -0.3 is 14.3 Å². The molecule has 1 aliphatic carbocycles. The highest BCUT2D eigenvalue weighted by Gasteiger charge is 2.21. The van der Waals surface area contributed by atoms with Gasteiger partial charge in [0, 0.05) is 0 Å². The van der Waals surface area contributed by atoms with E-state index in [1.807, 2.05) is 0 Å². The average molecular weight is 228 g/mol. The molecule has 0 aromatic carbocycles. The quantitative estimate of drug-likeness (QED) is 0.460. The fourth-order valence-corrected chi connectivity index (χ4v) is 1.72. The number of rotatable bonds is 6. The number of furan rings is 1. The molecule has 0 unspecified atom stereocenters. The van der Waals surface area contributed by atoms with E-state index in [0.29, 0.717) is 11.0 Å². The Morgan fingerprint density at radius 2 is 2.40 bits per heavy atom. The highest BCUT2D eigenvalue weighted by molar-refractivity contribution is 7.99. The molecule has 0 bridgehead atoms. The monoisotopic (exact) mass is 228 g/mol. The van der Waals surface area contributed by atoms with Crippen LogP contribution in [0.25, 0.3) is 0 Å². The number of thioether (sulfide) groups is 1. The van der Waals surface area contributed by atoms with Crippen molar-refractivity contribution in [3.8, 4) is 0 Å². The second-order valence-corrected chi connectivity index (χ2v) is 4.43. The zero-order chi connectivity index (χ0) is 10.7. The highest BCUT2D eigenvalue weighted by Crippen LogP contribution is 2.29. The van der Waals surface area contributed by atoms with Gasteiger partial charge in [0.2, 0.25) is 5.76 Å². The predicted octanol–water partition coefficient (Wildman–Crippen LogP) is 2.45.